The van der Waals surface area contributed by atoms with E-state index in [9.17, 15) is 4.39 Å². The molecule has 0 radical (unpaired) electrons. The second kappa shape index (κ2) is 7.56. The van der Waals surface area contributed by atoms with E-state index in [1.165, 1.54) is 23.9 Å². The summed E-state index contributed by atoms with van der Waals surface area (Å²) in [6.45, 7) is 4.20. The van der Waals surface area contributed by atoms with Gasteiger partial charge in [0.1, 0.15) is 5.82 Å². The molecule has 0 saturated heterocycles. The fourth-order valence-electron chi connectivity index (χ4n) is 2.12. The summed E-state index contributed by atoms with van der Waals surface area (Å²) in [4.78, 5) is 5.31. The summed E-state index contributed by atoms with van der Waals surface area (Å²) in [6, 6.07) is 6.78. The number of likely N-dealkylation sites (N-methyl/N-ethyl adjacent to an activating group) is 1. The van der Waals surface area contributed by atoms with Crippen molar-refractivity contribution in [3.05, 3.63) is 41.8 Å². The second-order valence-corrected chi connectivity index (χ2v) is 5.94. The predicted molar refractivity (Wildman–Crippen MR) is 81.8 cm³/mol. The Morgan fingerprint density at radius 2 is 2.24 bits per heavy atom. The highest BCUT2D eigenvalue weighted by molar-refractivity contribution is 7.98. The lowest BCUT2D eigenvalue weighted by Crippen LogP contribution is -2.28. The molecule has 0 bridgehead atoms. The lowest BCUT2D eigenvalue weighted by atomic mass is 9.98. The van der Waals surface area contributed by atoms with Gasteiger partial charge in [0.2, 0.25) is 5.89 Å². The maximum absolute atomic E-state index is 13.1. The average Bonchev–Trinajstić information content (AvgIpc) is 2.94. The molecule has 1 N–H and O–H groups in total. The first-order valence-corrected chi connectivity index (χ1v) is 8.00. The summed E-state index contributed by atoms with van der Waals surface area (Å²) >= 11 is 1.49. The van der Waals surface area contributed by atoms with E-state index in [-0.39, 0.29) is 17.8 Å². The standard InChI is InChI=1S/C15H20FN3OS/c1-4-13(10(2)17-3)15-18-14(19-20-15)9-21-12-7-5-6-11(16)8-12/h5-8,10,13,17H,4,9H2,1-3H3. The van der Waals surface area contributed by atoms with Gasteiger partial charge in [-0.2, -0.15) is 4.98 Å². The molecule has 1 aromatic heterocycles. The molecule has 0 fully saturated rings. The van der Waals surface area contributed by atoms with Crippen LogP contribution in [0.15, 0.2) is 33.7 Å². The third-order valence-electron chi connectivity index (χ3n) is 3.46. The maximum Gasteiger partial charge on any atom is 0.231 e. The molecule has 0 saturated carbocycles. The number of hydrogen-bond acceptors (Lipinski definition) is 5. The number of benzene rings is 1. The van der Waals surface area contributed by atoms with Crippen LogP contribution in [0, 0.1) is 5.82 Å². The maximum atomic E-state index is 13.1. The van der Waals surface area contributed by atoms with Gasteiger partial charge in [-0.1, -0.05) is 18.1 Å². The monoisotopic (exact) mass is 309 g/mol. The summed E-state index contributed by atoms with van der Waals surface area (Å²) in [7, 11) is 1.92. The molecule has 2 aromatic rings. The fourth-order valence-corrected chi connectivity index (χ4v) is 2.91. The van der Waals surface area contributed by atoms with Crippen LogP contribution in [0.4, 0.5) is 4.39 Å². The second-order valence-electron chi connectivity index (χ2n) is 4.89. The van der Waals surface area contributed by atoms with E-state index in [4.69, 9.17) is 4.52 Å². The van der Waals surface area contributed by atoms with Gasteiger partial charge >= 0.3 is 0 Å². The van der Waals surface area contributed by atoms with E-state index >= 15 is 0 Å². The van der Waals surface area contributed by atoms with Crippen LogP contribution in [0.1, 0.15) is 37.9 Å². The molecule has 114 valence electrons. The van der Waals surface area contributed by atoms with Crippen molar-refractivity contribution in [2.24, 2.45) is 0 Å². The quantitative estimate of drug-likeness (QED) is 0.792. The highest BCUT2D eigenvalue weighted by atomic mass is 32.2. The molecule has 2 rings (SSSR count). The van der Waals surface area contributed by atoms with Gasteiger partial charge < -0.3 is 9.84 Å². The third kappa shape index (κ3) is 4.28. The van der Waals surface area contributed by atoms with Crippen molar-refractivity contribution in [2.75, 3.05) is 7.05 Å². The van der Waals surface area contributed by atoms with Crippen LogP contribution in [0.25, 0.3) is 0 Å². The molecule has 6 heteroatoms. The van der Waals surface area contributed by atoms with Gasteiger partial charge in [0.05, 0.1) is 11.7 Å². The summed E-state index contributed by atoms with van der Waals surface area (Å²) in [5.74, 6) is 1.84. The average molecular weight is 309 g/mol. The Labute approximate surface area is 128 Å². The first-order chi connectivity index (χ1) is 10.1. The van der Waals surface area contributed by atoms with Crippen LogP contribution < -0.4 is 5.32 Å². The molecule has 0 aliphatic heterocycles. The Bertz CT molecular complexity index is 576. The van der Waals surface area contributed by atoms with Crippen molar-refractivity contribution >= 4 is 11.8 Å². The first kappa shape index (κ1) is 16.0. The molecule has 2 atom stereocenters. The van der Waals surface area contributed by atoms with Crippen LogP contribution in [-0.2, 0) is 5.75 Å². The van der Waals surface area contributed by atoms with Crippen molar-refractivity contribution in [1.82, 2.24) is 15.5 Å². The number of hydrogen-bond donors (Lipinski definition) is 1. The lowest BCUT2D eigenvalue weighted by Gasteiger charge is -2.17. The molecular formula is C15H20FN3OS. The number of rotatable bonds is 7. The zero-order valence-electron chi connectivity index (χ0n) is 12.5. The van der Waals surface area contributed by atoms with Crippen molar-refractivity contribution < 1.29 is 8.91 Å². The van der Waals surface area contributed by atoms with Gasteiger partial charge in [0.15, 0.2) is 5.82 Å². The molecule has 0 aliphatic carbocycles. The Balaban J connectivity index is 1.99. The van der Waals surface area contributed by atoms with E-state index in [1.54, 1.807) is 6.07 Å². The van der Waals surface area contributed by atoms with Gasteiger partial charge in [0.25, 0.3) is 0 Å². The van der Waals surface area contributed by atoms with Gasteiger partial charge in [-0.25, -0.2) is 4.39 Å². The third-order valence-corrected chi connectivity index (χ3v) is 4.45. The fraction of sp³-hybridized carbons (Fsp3) is 0.467. The molecule has 0 spiro atoms. The number of halogens is 1. The molecule has 4 nitrogen and oxygen atoms in total. The summed E-state index contributed by atoms with van der Waals surface area (Å²) in [5, 5.41) is 7.22. The lowest BCUT2D eigenvalue weighted by molar-refractivity contribution is 0.320. The van der Waals surface area contributed by atoms with Crippen LogP contribution in [0.5, 0.6) is 0 Å². The normalized spacial score (nSPS) is 14.1. The summed E-state index contributed by atoms with van der Waals surface area (Å²) in [6.07, 6.45) is 0.931. The predicted octanol–water partition coefficient (Wildman–Crippen LogP) is 3.60. The summed E-state index contributed by atoms with van der Waals surface area (Å²) in [5.41, 5.74) is 0. The van der Waals surface area contributed by atoms with E-state index in [2.05, 4.69) is 29.3 Å². The zero-order valence-corrected chi connectivity index (χ0v) is 13.3. The minimum atomic E-state index is -0.234. The van der Waals surface area contributed by atoms with Crippen LogP contribution in [-0.4, -0.2) is 23.2 Å². The van der Waals surface area contributed by atoms with Crippen LogP contribution in [0.2, 0.25) is 0 Å². The van der Waals surface area contributed by atoms with Crippen LogP contribution in [0.3, 0.4) is 0 Å². The Morgan fingerprint density at radius 1 is 1.43 bits per heavy atom. The number of thioether (sulfide) groups is 1. The Kier molecular flexibility index (Phi) is 5.76. The molecule has 0 amide bonds. The van der Waals surface area contributed by atoms with E-state index in [0.29, 0.717) is 17.5 Å². The highest BCUT2D eigenvalue weighted by Crippen LogP contribution is 2.25. The van der Waals surface area contributed by atoms with Crippen molar-refractivity contribution in [1.29, 1.82) is 0 Å². The van der Waals surface area contributed by atoms with Gasteiger partial charge in [-0.3, -0.25) is 0 Å². The Morgan fingerprint density at radius 3 is 2.90 bits per heavy atom. The number of aromatic nitrogens is 2. The minimum absolute atomic E-state index is 0.204. The molecule has 21 heavy (non-hydrogen) atoms. The minimum Gasteiger partial charge on any atom is -0.339 e. The van der Waals surface area contributed by atoms with Crippen molar-refractivity contribution in [3.8, 4) is 0 Å². The van der Waals surface area contributed by atoms with Gasteiger partial charge in [0, 0.05) is 10.9 Å². The van der Waals surface area contributed by atoms with E-state index < -0.39 is 0 Å². The number of nitrogens with zero attached hydrogens (tertiary/aromatic N) is 2. The number of nitrogens with one attached hydrogen (secondary N) is 1. The van der Waals surface area contributed by atoms with Crippen molar-refractivity contribution in [3.63, 3.8) is 0 Å². The van der Waals surface area contributed by atoms with Gasteiger partial charge in [-0.15, -0.1) is 11.8 Å². The largest absolute Gasteiger partial charge is 0.339 e. The highest BCUT2D eigenvalue weighted by Gasteiger charge is 2.22. The molecule has 0 aliphatic rings. The smallest absolute Gasteiger partial charge is 0.231 e. The molecule has 1 heterocycles. The topological polar surface area (TPSA) is 51.0 Å². The van der Waals surface area contributed by atoms with Crippen molar-refractivity contribution in [2.45, 2.75) is 42.9 Å². The SMILES string of the molecule is CCC(c1nc(CSc2cccc(F)c2)no1)C(C)NC. The summed E-state index contributed by atoms with van der Waals surface area (Å²) < 4.78 is 18.5. The zero-order chi connectivity index (χ0) is 15.2. The van der Waals surface area contributed by atoms with E-state index in [0.717, 1.165) is 11.3 Å². The van der Waals surface area contributed by atoms with E-state index in [1.807, 2.05) is 13.1 Å². The molecule has 1 aromatic carbocycles. The molecular weight excluding hydrogens is 289 g/mol. The van der Waals surface area contributed by atoms with Gasteiger partial charge in [-0.05, 0) is 38.6 Å². The first-order valence-electron chi connectivity index (χ1n) is 7.02. The van der Waals surface area contributed by atoms with Crippen LogP contribution >= 0.6 is 11.8 Å². The Hall–Kier alpha value is -1.40. The molecule has 2 unspecified atom stereocenters.